The van der Waals surface area contributed by atoms with Gasteiger partial charge in [-0.1, -0.05) is 19.9 Å². The average molecular weight is 259 g/mol. The summed E-state index contributed by atoms with van der Waals surface area (Å²) in [5, 5.41) is 0. The Kier molecular flexibility index (Phi) is 3.17. The summed E-state index contributed by atoms with van der Waals surface area (Å²) in [6.45, 7) is 6.54. The SMILES string of the molecule is CC(C)c1ccc(N2CCN(C3CC3)C(=O)C2)nc1. The number of anilines is 1. The Hall–Kier alpha value is -1.58. The summed E-state index contributed by atoms with van der Waals surface area (Å²) in [7, 11) is 0. The second kappa shape index (κ2) is 4.83. The summed E-state index contributed by atoms with van der Waals surface area (Å²) in [5.74, 6) is 1.67. The molecule has 19 heavy (non-hydrogen) atoms. The predicted octanol–water partition coefficient (Wildman–Crippen LogP) is 2.02. The number of hydrogen-bond acceptors (Lipinski definition) is 3. The van der Waals surface area contributed by atoms with Gasteiger partial charge in [0.25, 0.3) is 0 Å². The van der Waals surface area contributed by atoms with Crippen molar-refractivity contribution in [3.05, 3.63) is 23.9 Å². The quantitative estimate of drug-likeness (QED) is 0.833. The lowest BCUT2D eigenvalue weighted by Gasteiger charge is -2.35. The highest BCUT2D eigenvalue weighted by atomic mass is 16.2. The topological polar surface area (TPSA) is 36.4 Å². The fourth-order valence-electron chi connectivity index (χ4n) is 2.58. The normalized spacial score (nSPS) is 20.3. The zero-order valence-electron chi connectivity index (χ0n) is 11.7. The molecule has 1 aromatic rings. The molecular formula is C15H21N3O. The van der Waals surface area contributed by atoms with E-state index in [2.05, 4.69) is 29.8 Å². The van der Waals surface area contributed by atoms with Crippen molar-refractivity contribution in [2.24, 2.45) is 0 Å². The highest BCUT2D eigenvalue weighted by Gasteiger charge is 2.35. The minimum atomic E-state index is 0.253. The third kappa shape index (κ3) is 2.57. The van der Waals surface area contributed by atoms with Crippen molar-refractivity contribution >= 4 is 11.7 Å². The first-order valence-corrected chi connectivity index (χ1v) is 7.15. The molecule has 3 rings (SSSR count). The number of pyridine rings is 1. The molecule has 1 aromatic heterocycles. The Labute approximate surface area is 114 Å². The van der Waals surface area contributed by atoms with Crippen LogP contribution in [0.5, 0.6) is 0 Å². The smallest absolute Gasteiger partial charge is 0.242 e. The van der Waals surface area contributed by atoms with Crippen molar-refractivity contribution in [1.29, 1.82) is 0 Å². The van der Waals surface area contributed by atoms with Gasteiger partial charge in [0.2, 0.25) is 5.91 Å². The van der Waals surface area contributed by atoms with Crippen LogP contribution in [-0.2, 0) is 4.79 Å². The first-order valence-electron chi connectivity index (χ1n) is 7.15. The molecule has 1 saturated heterocycles. The Morgan fingerprint density at radius 2 is 2.05 bits per heavy atom. The molecule has 0 radical (unpaired) electrons. The van der Waals surface area contributed by atoms with Crippen LogP contribution < -0.4 is 4.90 Å². The van der Waals surface area contributed by atoms with E-state index in [1.54, 1.807) is 0 Å². The lowest BCUT2D eigenvalue weighted by atomic mass is 10.1. The van der Waals surface area contributed by atoms with Gasteiger partial charge >= 0.3 is 0 Å². The molecule has 1 amide bonds. The highest BCUT2D eigenvalue weighted by Crippen LogP contribution is 2.29. The Morgan fingerprint density at radius 3 is 2.58 bits per heavy atom. The van der Waals surface area contributed by atoms with E-state index in [4.69, 9.17) is 0 Å². The third-order valence-electron chi connectivity index (χ3n) is 4.01. The van der Waals surface area contributed by atoms with Crippen molar-refractivity contribution in [1.82, 2.24) is 9.88 Å². The molecule has 2 fully saturated rings. The Morgan fingerprint density at radius 1 is 1.26 bits per heavy atom. The molecule has 0 aromatic carbocycles. The second-order valence-electron chi connectivity index (χ2n) is 5.84. The number of amides is 1. The summed E-state index contributed by atoms with van der Waals surface area (Å²) in [6, 6.07) is 4.69. The summed E-state index contributed by atoms with van der Waals surface area (Å²) in [5.41, 5.74) is 1.24. The molecule has 102 valence electrons. The molecule has 4 heteroatoms. The van der Waals surface area contributed by atoms with Gasteiger partial charge < -0.3 is 9.80 Å². The molecule has 0 atom stereocenters. The van der Waals surface area contributed by atoms with E-state index in [9.17, 15) is 4.79 Å². The molecular weight excluding hydrogens is 238 g/mol. The van der Waals surface area contributed by atoms with E-state index in [1.807, 2.05) is 17.2 Å². The highest BCUT2D eigenvalue weighted by molar-refractivity contribution is 5.83. The van der Waals surface area contributed by atoms with Crippen molar-refractivity contribution < 1.29 is 4.79 Å². The molecule has 4 nitrogen and oxygen atoms in total. The minimum absolute atomic E-state index is 0.253. The maximum Gasteiger partial charge on any atom is 0.242 e. The molecule has 1 aliphatic carbocycles. The van der Waals surface area contributed by atoms with E-state index in [1.165, 1.54) is 18.4 Å². The summed E-state index contributed by atoms with van der Waals surface area (Å²) >= 11 is 0. The lowest BCUT2D eigenvalue weighted by Crippen LogP contribution is -2.51. The van der Waals surface area contributed by atoms with Crippen LogP contribution in [0.3, 0.4) is 0 Å². The maximum atomic E-state index is 12.1. The first kappa shape index (κ1) is 12.5. The van der Waals surface area contributed by atoms with E-state index < -0.39 is 0 Å². The van der Waals surface area contributed by atoms with E-state index in [0.29, 0.717) is 18.5 Å². The average Bonchev–Trinajstić information content (AvgIpc) is 3.23. The number of rotatable bonds is 3. The Bertz CT molecular complexity index is 465. The van der Waals surface area contributed by atoms with Crippen LogP contribution >= 0.6 is 0 Å². The van der Waals surface area contributed by atoms with Gasteiger partial charge in [0.15, 0.2) is 0 Å². The molecule has 0 N–H and O–H groups in total. The number of piperazine rings is 1. The van der Waals surface area contributed by atoms with Crippen molar-refractivity contribution in [2.45, 2.75) is 38.6 Å². The van der Waals surface area contributed by atoms with Gasteiger partial charge in [-0.2, -0.15) is 0 Å². The van der Waals surface area contributed by atoms with Crippen LogP contribution in [0.25, 0.3) is 0 Å². The van der Waals surface area contributed by atoms with Gasteiger partial charge in [-0.15, -0.1) is 0 Å². The zero-order chi connectivity index (χ0) is 13.4. The number of aromatic nitrogens is 1. The molecule has 0 unspecified atom stereocenters. The first-order chi connectivity index (χ1) is 9.15. The fourth-order valence-corrected chi connectivity index (χ4v) is 2.58. The standard InChI is InChI=1S/C15H21N3O/c1-11(2)12-3-6-14(16-9-12)17-7-8-18(13-4-5-13)15(19)10-17/h3,6,9,11,13H,4-5,7-8,10H2,1-2H3. The summed E-state index contributed by atoms with van der Waals surface area (Å²) in [4.78, 5) is 20.7. The Balaban J connectivity index is 1.68. The number of nitrogens with zero attached hydrogens (tertiary/aromatic N) is 3. The number of hydrogen-bond donors (Lipinski definition) is 0. The minimum Gasteiger partial charge on any atom is -0.346 e. The van der Waals surface area contributed by atoms with Gasteiger partial charge in [0.1, 0.15) is 5.82 Å². The van der Waals surface area contributed by atoms with Crippen molar-refractivity contribution in [3.8, 4) is 0 Å². The van der Waals surface area contributed by atoms with Crippen LogP contribution in [0.15, 0.2) is 18.3 Å². The zero-order valence-corrected chi connectivity index (χ0v) is 11.7. The van der Waals surface area contributed by atoms with E-state index in [-0.39, 0.29) is 5.91 Å². The van der Waals surface area contributed by atoms with Gasteiger partial charge in [-0.25, -0.2) is 4.98 Å². The van der Waals surface area contributed by atoms with Gasteiger partial charge in [-0.05, 0) is 30.4 Å². The summed E-state index contributed by atoms with van der Waals surface area (Å²) in [6.07, 6.45) is 4.30. The van der Waals surface area contributed by atoms with Crippen LogP contribution in [-0.4, -0.2) is 41.5 Å². The number of carbonyl (C=O) groups excluding carboxylic acids is 1. The maximum absolute atomic E-state index is 12.1. The molecule has 2 aliphatic rings. The van der Waals surface area contributed by atoms with E-state index in [0.717, 1.165) is 18.9 Å². The predicted molar refractivity (Wildman–Crippen MR) is 75.3 cm³/mol. The molecule has 2 heterocycles. The van der Waals surface area contributed by atoms with Crippen molar-refractivity contribution in [3.63, 3.8) is 0 Å². The molecule has 1 aliphatic heterocycles. The van der Waals surface area contributed by atoms with Gasteiger partial charge in [-0.3, -0.25) is 4.79 Å². The fraction of sp³-hybridized carbons (Fsp3) is 0.600. The largest absolute Gasteiger partial charge is 0.346 e. The van der Waals surface area contributed by atoms with Crippen LogP contribution in [0.1, 0.15) is 38.2 Å². The van der Waals surface area contributed by atoms with Crippen molar-refractivity contribution in [2.75, 3.05) is 24.5 Å². The molecule has 0 spiro atoms. The van der Waals surface area contributed by atoms with Gasteiger partial charge in [0, 0.05) is 25.3 Å². The summed E-state index contributed by atoms with van der Waals surface area (Å²) < 4.78 is 0. The van der Waals surface area contributed by atoms with Crippen LogP contribution in [0.4, 0.5) is 5.82 Å². The van der Waals surface area contributed by atoms with E-state index >= 15 is 0 Å². The second-order valence-corrected chi connectivity index (χ2v) is 5.84. The third-order valence-corrected chi connectivity index (χ3v) is 4.01. The van der Waals surface area contributed by atoms with Crippen LogP contribution in [0.2, 0.25) is 0 Å². The monoisotopic (exact) mass is 259 g/mol. The molecule has 0 bridgehead atoms. The van der Waals surface area contributed by atoms with Crippen LogP contribution in [0, 0.1) is 0 Å². The van der Waals surface area contributed by atoms with Gasteiger partial charge in [0.05, 0.1) is 6.54 Å². The number of carbonyl (C=O) groups is 1. The lowest BCUT2D eigenvalue weighted by molar-refractivity contribution is -0.131. The molecule has 1 saturated carbocycles.